The standard InChI is InChI=1S/C10H10BrFO4/c1-4-6(12)3-5(11)8(13)7(4)9(14)10(15)16-2/h3,9,13-14H,1-2H3. The fourth-order valence-corrected chi connectivity index (χ4v) is 1.70. The Kier molecular flexibility index (Phi) is 3.88. The van der Waals surface area contributed by atoms with Crippen molar-refractivity contribution in [3.05, 3.63) is 27.5 Å². The highest BCUT2D eigenvalue weighted by molar-refractivity contribution is 9.10. The van der Waals surface area contributed by atoms with Crippen molar-refractivity contribution < 1.29 is 24.1 Å². The lowest BCUT2D eigenvalue weighted by Crippen LogP contribution is -2.15. The second-order valence-corrected chi connectivity index (χ2v) is 4.01. The van der Waals surface area contributed by atoms with E-state index in [2.05, 4.69) is 20.7 Å². The highest BCUT2D eigenvalue weighted by Gasteiger charge is 2.26. The topological polar surface area (TPSA) is 66.8 Å². The van der Waals surface area contributed by atoms with Crippen molar-refractivity contribution >= 4 is 21.9 Å². The first-order chi connectivity index (χ1) is 7.40. The van der Waals surface area contributed by atoms with Gasteiger partial charge in [0.25, 0.3) is 0 Å². The molecule has 0 radical (unpaired) electrons. The molecule has 1 aromatic carbocycles. The summed E-state index contributed by atoms with van der Waals surface area (Å²) in [5, 5.41) is 19.2. The maximum Gasteiger partial charge on any atom is 0.339 e. The summed E-state index contributed by atoms with van der Waals surface area (Å²) >= 11 is 2.92. The van der Waals surface area contributed by atoms with E-state index in [4.69, 9.17) is 0 Å². The SMILES string of the molecule is COC(=O)C(O)c1c(C)c(F)cc(Br)c1O. The molecule has 0 aromatic heterocycles. The molecule has 1 atom stereocenters. The molecule has 0 saturated carbocycles. The molecule has 0 amide bonds. The van der Waals surface area contributed by atoms with Gasteiger partial charge in [-0.2, -0.15) is 0 Å². The first-order valence-corrected chi connectivity index (χ1v) is 5.12. The van der Waals surface area contributed by atoms with E-state index >= 15 is 0 Å². The Morgan fingerprint density at radius 1 is 1.62 bits per heavy atom. The lowest BCUT2D eigenvalue weighted by molar-refractivity contribution is -0.150. The van der Waals surface area contributed by atoms with Gasteiger partial charge in [0.1, 0.15) is 11.6 Å². The van der Waals surface area contributed by atoms with Crippen molar-refractivity contribution in [1.29, 1.82) is 0 Å². The van der Waals surface area contributed by atoms with Crippen LogP contribution in [0.4, 0.5) is 4.39 Å². The van der Waals surface area contributed by atoms with E-state index in [1.165, 1.54) is 6.92 Å². The molecule has 0 bridgehead atoms. The van der Waals surface area contributed by atoms with Gasteiger partial charge in [0.15, 0.2) is 6.10 Å². The second-order valence-electron chi connectivity index (χ2n) is 3.15. The second kappa shape index (κ2) is 4.80. The summed E-state index contributed by atoms with van der Waals surface area (Å²) in [6, 6.07) is 1.05. The maximum absolute atomic E-state index is 13.3. The Bertz CT molecular complexity index is 407. The van der Waals surface area contributed by atoms with Gasteiger partial charge in [0.05, 0.1) is 11.6 Å². The monoisotopic (exact) mass is 292 g/mol. The molecule has 1 unspecified atom stereocenters. The minimum absolute atomic E-state index is 0.00130. The number of ether oxygens (including phenoxy) is 1. The molecular formula is C10H10BrFO4. The van der Waals surface area contributed by atoms with E-state index in [0.717, 1.165) is 13.2 Å². The summed E-state index contributed by atoms with van der Waals surface area (Å²) in [7, 11) is 1.09. The molecule has 0 aliphatic rings. The van der Waals surface area contributed by atoms with Gasteiger partial charge in [-0.1, -0.05) is 0 Å². The predicted molar refractivity (Wildman–Crippen MR) is 57.5 cm³/mol. The average Bonchev–Trinajstić information content (AvgIpc) is 2.25. The highest BCUT2D eigenvalue weighted by atomic mass is 79.9. The van der Waals surface area contributed by atoms with Gasteiger partial charge in [-0.05, 0) is 34.5 Å². The summed E-state index contributed by atoms with van der Waals surface area (Å²) in [4.78, 5) is 11.1. The number of rotatable bonds is 2. The van der Waals surface area contributed by atoms with Gasteiger partial charge in [-0.15, -0.1) is 0 Å². The van der Waals surface area contributed by atoms with Gasteiger partial charge in [0.2, 0.25) is 0 Å². The number of aromatic hydroxyl groups is 1. The van der Waals surface area contributed by atoms with Crippen LogP contribution in [0.25, 0.3) is 0 Å². The fourth-order valence-electron chi connectivity index (χ4n) is 1.29. The van der Waals surface area contributed by atoms with Crippen LogP contribution < -0.4 is 0 Å². The van der Waals surface area contributed by atoms with Gasteiger partial charge >= 0.3 is 5.97 Å². The molecule has 4 nitrogen and oxygen atoms in total. The molecule has 1 aromatic rings. The van der Waals surface area contributed by atoms with Crippen LogP contribution in [0.1, 0.15) is 17.2 Å². The molecule has 16 heavy (non-hydrogen) atoms. The lowest BCUT2D eigenvalue weighted by atomic mass is 10.0. The Morgan fingerprint density at radius 3 is 2.69 bits per heavy atom. The van der Waals surface area contributed by atoms with E-state index in [0.29, 0.717) is 0 Å². The van der Waals surface area contributed by atoms with Gasteiger partial charge in [-0.25, -0.2) is 9.18 Å². The van der Waals surface area contributed by atoms with E-state index in [1.807, 2.05) is 0 Å². The summed E-state index contributed by atoms with van der Waals surface area (Å²) in [6.07, 6.45) is -1.71. The van der Waals surface area contributed by atoms with Crippen LogP contribution in [0.2, 0.25) is 0 Å². The maximum atomic E-state index is 13.3. The largest absolute Gasteiger partial charge is 0.506 e. The molecule has 0 spiro atoms. The van der Waals surface area contributed by atoms with E-state index in [9.17, 15) is 19.4 Å². The summed E-state index contributed by atoms with van der Waals surface area (Å²) in [5.74, 6) is -1.98. The van der Waals surface area contributed by atoms with Crippen LogP contribution in [0, 0.1) is 12.7 Å². The number of aliphatic hydroxyl groups is 1. The number of aliphatic hydroxyl groups excluding tert-OH is 1. The van der Waals surface area contributed by atoms with E-state index < -0.39 is 17.9 Å². The number of esters is 1. The van der Waals surface area contributed by atoms with Crippen LogP contribution in [-0.2, 0) is 9.53 Å². The fraction of sp³-hybridized carbons (Fsp3) is 0.300. The molecule has 0 aliphatic heterocycles. The van der Waals surface area contributed by atoms with Gasteiger partial charge < -0.3 is 14.9 Å². The smallest absolute Gasteiger partial charge is 0.339 e. The summed E-state index contributed by atoms with van der Waals surface area (Å²) in [6.45, 7) is 1.35. The third kappa shape index (κ3) is 2.17. The van der Waals surface area contributed by atoms with Crippen molar-refractivity contribution in [2.24, 2.45) is 0 Å². The molecule has 1 rings (SSSR count). The first kappa shape index (κ1) is 12.9. The summed E-state index contributed by atoms with van der Waals surface area (Å²) < 4.78 is 17.7. The molecular weight excluding hydrogens is 283 g/mol. The lowest BCUT2D eigenvalue weighted by Gasteiger charge is -2.15. The van der Waals surface area contributed by atoms with Crippen molar-refractivity contribution in [2.75, 3.05) is 7.11 Å². The van der Waals surface area contributed by atoms with Crippen LogP contribution in [0.5, 0.6) is 5.75 Å². The third-order valence-electron chi connectivity index (χ3n) is 2.19. The number of phenols is 1. The Morgan fingerprint density at radius 2 is 2.19 bits per heavy atom. The highest BCUT2D eigenvalue weighted by Crippen LogP contribution is 2.36. The number of carbonyl (C=O) groups is 1. The first-order valence-electron chi connectivity index (χ1n) is 4.33. The number of carbonyl (C=O) groups excluding carboxylic acids is 1. The molecule has 0 saturated heterocycles. The number of benzene rings is 1. The Hall–Kier alpha value is -1.14. The number of phenolic OH excluding ortho intramolecular Hbond substituents is 1. The molecule has 6 heteroatoms. The normalized spacial score (nSPS) is 12.3. The van der Waals surface area contributed by atoms with Crippen molar-refractivity contribution in [3.8, 4) is 5.75 Å². The van der Waals surface area contributed by atoms with Gasteiger partial charge in [0, 0.05) is 5.56 Å². The zero-order chi connectivity index (χ0) is 12.5. The quantitative estimate of drug-likeness (QED) is 0.816. The van der Waals surface area contributed by atoms with Crippen molar-refractivity contribution in [3.63, 3.8) is 0 Å². The summed E-state index contributed by atoms with van der Waals surface area (Å²) in [5.41, 5.74) is -0.197. The molecule has 0 heterocycles. The number of methoxy groups -OCH3 is 1. The number of hydrogen-bond acceptors (Lipinski definition) is 4. The Labute approximate surface area is 99.8 Å². The van der Waals surface area contributed by atoms with E-state index in [-0.39, 0.29) is 21.3 Å². The van der Waals surface area contributed by atoms with Crippen LogP contribution in [-0.4, -0.2) is 23.3 Å². The zero-order valence-corrected chi connectivity index (χ0v) is 10.2. The molecule has 0 fully saturated rings. The van der Waals surface area contributed by atoms with Crippen LogP contribution >= 0.6 is 15.9 Å². The number of halogens is 2. The van der Waals surface area contributed by atoms with Crippen LogP contribution in [0.3, 0.4) is 0 Å². The average molecular weight is 293 g/mol. The Balaban J connectivity index is 3.37. The number of hydrogen-bond donors (Lipinski definition) is 2. The zero-order valence-electron chi connectivity index (χ0n) is 8.62. The molecule has 88 valence electrons. The third-order valence-corrected chi connectivity index (χ3v) is 2.80. The van der Waals surface area contributed by atoms with Gasteiger partial charge in [-0.3, -0.25) is 0 Å². The minimum Gasteiger partial charge on any atom is -0.506 e. The molecule has 2 N–H and O–H groups in total. The molecule has 0 aliphatic carbocycles. The minimum atomic E-state index is -1.71. The van der Waals surface area contributed by atoms with E-state index in [1.54, 1.807) is 0 Å². The van der Waals surface area contributed by atoms with Crippen molar-refractivity contribution in [1.82, 2.24) is 0 Å². The van der Waals surface area contributed by atoms with Crippen LogP contribution in [0.15, 0.2) is 10.5 Å². The van der Waals surface area contributed by atoms with Crippen molar-refractivity contribution in [2.45, 2.75) is 13.0 Å². The predicted octanol–water partition coefficient (Wildman–Crippen LogP) is 1.81.